The number of piperidine rings is 1. The fourth-order valence-corrected chi connectivity index (χ4v) is 1.63. The highest BCUT2D eigenvalue weighted by Crippen LogP contribution is 2.16. The van der Waals surface area contributed by atoms with Crippen LogP contribution in [0.15, 0.2) is 0 Å². The Morgan fingerprint density at radius 3 is 2.24 bits per heavy atom. The van der Waals surface area contributed by atoms with E-state index >= 15 is 0 Å². The minimum atomic E-state index is 0.0839. The SMILES string of the molecule is COc1nc(OC)nc(O[C@H]2CCCNC2)n1. The van der Waals surface area contributed by atoms with Gasteiger partial charge in [0.05, 0.1) is 14.2 Å². The number of aromatic nitrogens is 3. The number of rotatable bonds is 4. The molecule has 0 aromatic carbocycles. The molecule has 1 atom stereocenters. The van der Waals surface area contributed by atoms with Crippen molar-refractivity contribution in [1.29, 1.82) is 0 Å². The summed E-state index contributed by atoms with van der Waals surface area (Å²) in [4.78, 5) is 11.9. The highest BCUT2D eigenvalue weighted by atomic mass is 16.5. The van der Waals surface area contributed by atoms with Crippen LogP contribution in [0.4, 0.5) is 0 Å². The summed E-state index contributed by atoms with van der Waals surface area (Å²) in [5, 5.41) is 3.25. The molecule has 7 heteroatoms. The molecule has 0 unspecified atom stereocenters. The molecule has 2 heterocycles. The fraction of sp³-hybridized carbons (Fsp3) is 0.700. The summed E-state index contributed by atoms with van der Waals surface area (Å²) in [6.07, 6.45) is 2.16. The van der Waals surface area contributed by atoms with E-state index < -0.39 is 0 Å². The lowest BCUT2D eigenvalue weighted by Gasteiger charge is -2.22. The van der Waals surface area contributed by atoms with Crippen LogP contribution in [0, 0.1) is 0 Å². The minimum Gasteiger partial charge on any atom is -0.467 e. The Morgan fingerprint density at radius 2 is 1.71 bits per heavy atom. The molecule has 1 N–H and O–H groups in total. The van der Waals surface area contributed by atoms with Crippen LogP contribution in [-0.2, 0) is 0 Å². The predicted octanol–water partition coefficient (Wildman–Crippen LogP) is 0.0196. The van der Waals surface area contributed by atoms with E-state index in [1.807, 2.05) is 0 Å². The van der Waals surface area contributed by atoms with Crippen molar-refractivity contribution in [1.82, 2.24) is 20.3 Å². The van der Waals surface area contributed by atoms with Crippen molar-refractivity contribution in [3.63, 3.8) is 0 Å². The lowest BCUT2D eigenvalue weighted by molar-refractivity contribution is 0.148. The second kappa shape index (κ2) is 5.62. The first-order valence-corrected chi connectivity index (χ1v) is 5.53. The van der Waals surface area contributed by atoms with Gasteiger partial charge >= 0.3 is 18.0 Å². The molecular formula is C10H16N4O3. The molecule has 1 fully saturated rings. The van der Waals surface area contributed by atoms with E-state index in [-0.39, 0.29) is 24.1 Å². The van der Waals surface area contributed by atoms with E-state index in [0.717, 1.165) is 25.9 Å². The van der Waals surface area contributed by atoms with Crippen molar-refractivity contribution in [2.45, 2.75) is 18.9 Å². The van der Waals surface area contributed by atoms with E-state index in [1.165, 1.54) is 14.2 Å². The molecule has 0 bridgehead atoms. The summed E-state index contributed by atoms with van der Waals surface area (Å²) >= 11 is 0. The summed E-state index contributed by atoms with van der Waals surface area (Å²) in [6, 6.07) is 0.619. The normalized spacial score (nSPS) is 19.8. The van der Waals surface area contributed by atoms with Crippen LogP contribution in [0.5, 0.6) is 18.0 Å². The number of methoxy groups -OCH3 is 2. The number of ether oxygens (including phenoxy) is 3. The Labute approximate surface area is 99.5 Å². The maximum absolute atomic E-state index is 5.66. The Bertz CT molecular complexity index is 346. The van der Waals surface area contributed by atoms with Crippen LogP contribution in [0.3, 0.4) is 0 Å². The minimum absolute atomic E-state index is 0.0839. The third-order valence-electron chi connectivity index (χ3n) is 2.46. The van der Waals surface area contributed by atoms with Crippen molar-refractivity contribution >= 4 is 0 Å². The fourth-order valence-electron chi connectivity index (χ4n) is 1.63. The van der Waals surface area contributed by atoms with Gasteiger partial charge in [0.15, 0.2) is 0 Å². The largest absolute Gasteiger partial charge is 0.467 e. The van der Waals surface area contributed by atoms with Crippen LogP contribution < -0.4 is 19.5 Å². The van der Waals surface area contributed by atoms with Crippen molar-refractivity contribution in [3.8, 4) is 18.0 Å². The molecular weight excluding hydrogens is 224 g/mol. The second-order valence-corrected chi connectivity index (χ2v) is 3.68. The molecule has 7 nitrogen and oxygen atoms in total. The molecule has 2 rings (SSSR count). The Hall–Kier alpha value is -1.63. The van der Waals surface area contributed by atoms with Gasteiger partial charge in [-0.15, -0.1) is 15.0 Å². The molecule has 0 amide bonds. The molecule has 1 aromatic heterocycles. The van der Waals surface area contributed by atoms with Crippen molar-refractivity contribution in [3.05, 3.63) is 0 Å². The molecule has 1 saturated heterocycles. The second-order valence-electron chi connectivity index (χ2n) is 3.68. The molecule has 17 heavy (non-hydrogen) atoms. The number of hydrogen-bond donors (Lipinski definition) is 1. The lowest BCUT2D eigenvalue weighted by atomic mass is 10.1. The smallest absolute Gasteiger partial charge is 0.326 e. The van der Waals surface area contributed by atoms with E-state index in [9.17, 15) is 0 Å². The Kier molecular flexibility index (Phi) is 3.92. The molecule has 0 saturated carbocycles. The highest BCUT2D eigenvalue weighted by molar-refractivity contribution is 5.09. The average Bonchev–Trinajstić information content (AvgIpc) is 2.39. The zero-order valence-electron chi connectivity index (χ0n) is 9.97. The van der Waals surface area contributed by atoms with Gasteiger partial charge in [0.2, 0.25) is 0 Å². The quantitative estimate of drug-likeness (QED) is 0.794. The van der Waals surface area contributed by atoms with Gasteiger partial charge in [0, 0.05) is 6.54 Å². The van der Waals surface area contributed by atoms with Gasteiger partial charge in [-0.05, 0) is 19.4 Å². The summed E-state index contributed by atoms with van der Waals surface area (Å²) in [5.74, 6) is 0. The summed E-state index contributed by atoms with van der Waals surface area (Å²) in [6.45, 7) is 1.83. The van der Waals surface area contributed by atoms with E-state index in [0.29, 0.717) is 0 Å². The van der Waals surface area contributed by atoms with Gasteiger partial charge in [0.1, 0.15) is 6.10 Å². The number of hydrogen-bond acceptors (Lipinski definition) is 7. The van der Waals surface area contributed by atoms with Crippen LogP contribution in [0.25, 0.3) is 0 Å². The molecule has 1 aromatic rings. The van der Waals surface area contributed by atoms with Crippen molar-refractivity contribution in [2.75, 3.05) is 27.3 Å². The average molecular weight is 240 g/mol. The van der Waals surface area contributed by atoms with Gasteiger partial charge in [0.25, 0.3) is 0 Å². The van der Waals surface area contributed by atoms with Crippen LogP contribution >= 0.6 is 0 Å². The highest BCUT2D eigenvalue weighted by Gasteiger charge is 2.17. The maximum atomic E-state index is 5.66. The van der Waals surface area contributed by atoms with Gasteiger partial charge < -0.3 is 19.5 Å². The Morgan fingerprint density at radius 1 is 1.06 bits per heavy atom. The lowest BCUT2D eigenvalue weighted by Crippen LogP contribution is -2.37. The van der Waals surface area contributed by atoms with Crippen molar-refractivity contribution in [2.24, 2.45) is 0 Å². The molecule has 0 radical (unpaired) electrons. The van der Waals surface area contributed by atoms with E-state index in [4.69, 9.17) is 14.2 Å². The molecule has 1 aliphatic rings. The van der Waals surface area contributed by atoms with Crippen LogP contribution in [-0.4, -0.2) is 48.4 Å². The third-order valence-corrected chi connectivity index (χ3v) is 2.46. The van der Waals surface area contributed by atoms with Crippen LogP contribution in [0.1, 0.15) is 12.8 Å². The van der Waals surface area contributed by atoms with Gasteiger partial charge in [-0.1, -0.05) is 0 Å². The van der Waals surface area contributed by atoms with E-state index in [1.54, 1.807) is 0 Å². The predicted molar refractivity (Wildman–Crippen MR) is 59.5 cm³/mol. The standard InChI is InChI=1S/C10H16N4O3/c1-15-8-12-9(16-2)14-10(13-8)17-7-4-3-5-11-6-7/h7,11H,3-6H2,1-2H3/t7-/m0/s1. The first kappa shape index (κ1) is 11.8. The molecule has 0 spiro atoms. The first-order valence-electron chi connectivity index (χ1n) is 5.53. The monoisotopic (exact) mass is 240 g/mol. The molecule has 0 aliphatic carbocycles. The summed E-state index contributed by atoms with van der Waals surface area (Å²) < 4.78 is 15.6. The zero-order valence-corrected chi connectivity index (χ0v) is 9.97. The number of nitrogens with one attached hydrogen (secondary N) is 1. The topological polar surface area (TPSA) is 78.4 Å². The summed E-state index contributed by atoms with van der Waals surface area (Å²) in [7, 11) is 2.97. The first-order chi connectivity index (χ1) is 8.31. The maximum Gasteiger partial charge on any atom is 0.326 e. The van der Waals surface area contributed by atoms with E-state index in [2.05, 4.69) is 20.3 Å². The Balaban J connectivity index is 2.07. The summed E-state index contributed by atoms with van der Waals surface area (Å²) in [5.41, 5.74) is 0. The third kappa shape index (κ3) is 3.16. The number of nitrogens with zero attached hydrogens (tertiary/aromatic N) is 3. The van der Waals surface area contributed by atoms with Gasteiger partial charge in [-0.2, -0.15) is 0 Å². The zero-order chi connectivity index (χ0) is 12.1. The molecule has 94 valence electrons. The molecule has 1 aliphatic heterocycles. The van der Waals surface area contributed by atoms with Crippen LogP contribution in [0.2, 0.25) is 0 Å². The van der Waals surface area contributed by atoms with Crippen molar-refractivity contribution < 1.29 is 14.2 Å². The van der Waals surface area contributed by atoms with Gasteiger partial charge in [-0.25, -0.2) is 0 Å². The van der Waals surface area contributed by atoms with Gasteiger partial charge in [-0.3, -0.25) is 0 Å².